The highest BCUT2D eigenvalue weighted by atomic mass is 16.5. The van der Waals surface area contributed by atoms with E-state index in [1.54, 1.807) is 0 Å². The third-order valence-corrected chi connectivity index (χ3v) is 5.30. The Balaban J connectivity index is 1.54. The summed E-state index contributed by atoms with van der Waals surface area (Å²) in [4.78, 5) is 7.13. The predicted molar refractivity (Wildman–Crippen MR) is 121 cm³/mol. The van der Waals surface area contributed by atoms with Gasteiger partial charge in [0.15, 0.2) is 11.8 Å². The Morgan fingerprint density at radius 1 is 1.19 bits per heavy atom. The zero-order valence-corrected chi connectivity index (χ0v) is 18.9. The summed E-state index contributed by atoms with van der Waals surface area (Å²) >= 11 is 0. The van der Waals surface area contributed by atoms with Crippen LogP contribution in [0.25, 0.3) is 0 Å². The first-order chi connectivity index (χ1) is 15.2. The SMILES string of the molecule is CCOc1cccc(CCNC(=NCc2nnc(C)n2C)NCCN2CCOCC2)c1. The molecule has 9 nitrogen and oxygen atoms in total. The van der Waals surface area contributed by atoms with Crippen molar-refractivity contribution < 1.29 is 9.47 Å². The number of morpholine rings is 1. The van der Waals surface area contributed by atoms with Crippen molar-refractivity contribution in [2.75, 3.05) is 52.5 Å². The number of hydrogen-bond acceptors (Lipinski definition) is 6. The summed E-state index contributed by atoms with van der Waals surface area (Å²) in [6.07, 6.45) is 0.883. The number of hydrogen-bond donors (Lipinski definition) is 2. The summed E-state index contributed by atoms with van der Waals surface area (Å²) in [7, 11) is 1.96. The lowest BCUT2D eigenvalue weighted by Crippen LogP contribution is -2.44. The summed E-state index contributed by atoms with van der Waals surface area (Å²) in [5, 5.41) is 15.2. The number of guanidine groups is 1. The number of ether oxygens (including phenoxy) is 2. The Morgan fingerprint density at radius 3 is 2.74 bits per heavy atom. The molecule has 0 aliphatic carbocycles. The van der Waals surface area contributed by atoms with Gasteiger partial charge in [-0.05, 0) is 38.0 Å². The van der Waals surface area contributed by atoms with Crippen molar-refractivity contribution in [1.29, 1.82) is 0 Å². The number of nitrogens with zero attached hydrogens (tertiary/aromatic N) is 5. The molecule has 1 aromatic heterocycles. The van der Waals surface area contributed by atoms with E-state index in [2.05, 4.69) is 37.9 Å². The topological polar surface area (TPSA) is 88.8 Å². The first kappa shape index (κ1) is 23.0. The molecule has 0 atom stereocenters. The fourth-order valence-electron chi connectivity index (χ4n) is 3.35. The van der Waals surface area contributed by atoms with Gasteiger partial charge >= 0.3 is 0 Å². The maximum atomic E-state index is 5.60. The minimum absolute atomic E-state index is 0.476. The van der Waals surface area contributed by atoms with Crippen LogP contribution in [0, 0.1) is 6.92 Å². The normalized spacial score (nSPS) is 15.1. The smallest absolute Gasteiger partial charge is 0.191 e. The molecule has 1 saturated heterocycles. The van der Waals surface area contributed by atoms with Gasteiger partial charge < -0.3 is 24.7 Å². The van der Waals surface area contributed by atoms with E-state index in [1.807, 2.05) is 37.6 Å². The van der Waals surface area contributed by atoms with Gasteiger partial charge in [-0.15, -0.1) is 10.2 Å². The van der Waals surface area contributed by atoms with E-state index in [0.717, 1.165) is 75.7 Å². The summed E-state index contributed by atoms with van der Waals surface area (Å²) in [5.41, 5.74) is 1.23. The quantitative estimate of drug-likeness (QED) is 0.432. The molecule has 2 heterocycles. The van der Waals surface area contributed by atoms with Crippen LogP contribution >= 0.6 is 0 Å². The van der Waals surface area contributed by atoms with Crippen LogP contribution < -0.4 is 15.4 Å². The molecular weight excluding hydrogens is 394 g/mol. The Kier molecular flexibility index (Phi) is 9.11. The first-order valence-electron chi connectivity index (χ1n) is 11.0. The van der Waals surface area contributed by atoms with Crippen LogP contribution in [0.2, 0.25) is 0 Å². The van der Waals surface area contributed by atoms with Crippen LogP contribution in [0.1, 0.15) is 24.1 Å². The number of aliphatic imine (C=N–C) groups is 1. The van der Waals surface area contributed by atoms with E-state index in [1.165, 1.54) is 5.56 Å². The predicted octanol–water partition coefficient (Wildman–Crippen LogP) is 1.13. The van der Waals surface area contributed by atoms with Crippen LogP contribution in [0.5, 0.6) is 5.75 Å². The molecule has 1 fully saturated rings. The van der Waals surface area contributed by atoms with Gasteiger partial charge in [-0.25, -0.2) is 4.99 Å². The second-order valence-corrected chi connectivity index (χ2v) is 7.53. The van der Waals surface area contributed by atoms with E-state index in [-0.39, 0.29) is 0 Å². The number of nitrogens with one attached hydrogen (secondary N) is 2. The van der Waals surface area contributed by atoms with Crippen LogP contribution in [0.3, 0.4) is 0 Å². The van der Waals surface area contributed by atoms with Gasteiger partial charge in [-0.3, -0.25) is 4.90 Å². The minimum Gasteiger partial charge on any atom is -0.494 e. The van der Waals surface area contributed by atoms with Gasteiger partial charge in [-0.1, -0.05) is 12.1 Å². The number of aromatic nitrogens is 3. The van der Waals surface area contributed by atoms with Gasteiger partial charge in [0.25, 0.3) is 0 Å². The molecule has 1 aliphatic heterocycles. The van der Waals surface area contributed by atoms with E-state index in [9.17, 15) is 0 Å². The second-order valence-electron chi connectivity index (χ2n) is 7.53. The number of rotatable bonds is 10. The highest BCUT2D eigenvalue weighted by molar-refractivity contribution is 5.79. The highest BCUT2D eigenvalue weighted by Gasteiger charge is 2.10. The fourth-order valence-corrected chi connectivity index (χ4v) is 3.35. The summed E-state index contributed by atoms with van der Waals surface area (Å²) in [5.74, 6) is 3.43. The van der Waals surface area contributed by atoms with E-state index in [4.69, 9.17) is 14.5 Å². The van der Waals surface area contributed by atoms with Crippen molar-refractivity contribution in [2.45, 2.75) is 26.8 Å². The minimum atomic E-state index is 0.476. The Bertz CT molecular complexity index is 831. The van der Waals surface area contributed by atoms with Crippen molar-refractivity contribution in [1.82, 2.24) is 30.3 Å². The molecule has 0 spiro atoms. The number of benzene rings is 1. The van der Waals surface area contributed by atoms with Crippen LogP contribution in [-0.4, -0.2) is 78.2 Å². The molecule has 170 valence electrons. The lowest BCUT2D eigenvalue weighted by Gasteiger charge is -2.26. The highest BCUT2D eigenvalue weighted by Crippen LogP contribution is 2.13. The molecule has 3 rings (SSSR count). The Morgan fingerprint density at radius 2 is 2.00 bits per heavy atom. The molecule has 31 heavy (non-hydrogen) atoms. The third kappa shape index (κ3) is 7.52. The van der Waals surface area contributed by atoms with Crippen molar-refractivity contribution in [2.24, 2.45) is 12.0 Å². The van der Waals surface area contributed by atoms with Crippen LogP contribution in [0.4, 0.5) is 0 Å². The Labute approximate surface area is 184 Å². The molecule has 0 radical (unpaired) electrons. The summed E-state index contributed by atoms with van der Waals surface area (Å²) < 4.78 is 13.0. The average molecular weight is 430 g/mol. The molecule has 1 aliphatic rings. The first-order valence-corrected chi connectivity index (χ1v) is 11.0. The van der Waals surface area contributed by atoms with Crippen LogP contribution in [-0.2, 0) is 24.8 Å². The largest absolute Gasteiger partial charge is 0.494 e. The van der Waals surface area contributed by atoms with Crippen molar-refractivity contribution in [3.8, 4) is 5.75 Å². The van der Waals surface area contributed by atoms with E-state index in [0.29, 0.717) is 13.2 Å². The maximum Gasteiger partial charge on any atom is 0.191 e. The zero-order valence-electron chi connectivity index (χ0n) is 18.9. The van der Waals surface area contributed by atoms with E-state index >= 15 is 0 Å². The molecule has 1 aromatic carbocycles. The average Bonchev–Trinajstić information content (AvgIpc) is 3.10. The summed E-state index contributed by atoms with van der Waals surface area (Å²) in [6.45, 7) is 11.2. The maximum absolute atomic E-state index is 5.60. The standard InChI is InChI=1S/C22H35N7O2/c1-4-31-20-7-5-6-19(16-20)8-9-23-22(24-10-11-29-12-14-30-15-13-29)25-17-21-27-26-18(2)28(21)3/h5-7,16H,4,8-15,17H2,1-3H3,(H2,23,24,25). The monoisotopic (exact) mass is 429 g/mol. The lowest BCUT2D eigenvalue weighted by atomic mass is 10.1. The van der Waals surface area contributed by atoms with Crippen molar-refractivity contribution in [3.05, 3.63) is 41.5 Å². The van der Waals surface area contributed by atoms with Gasteiger partial charge in [0.05, 0.1) is 19.8 Å². The summed E-state index contributed by atoms with van der Waals surface area (Å²) in [6, 6.07) is 8.24. The van der Waals surface area contributed by atoms with E-state index < -0.39 is 0 Å². The third-order valence-electron chi connectivity index (χ3n) is 5.30. The molecule has 2 aromatic rings. The van der Waals surface area contributed by atoms with Gasteiger partial charge in [0, 0.05) is 39.8 Å². The van der Waals surface area contributed by atoms with Gasteiger partial charge in [-0.2, -0.15) is 0 Å². The molecule has 0 saturated carbocycles. The molecule has 0 amide bonds. The molecular formula is C22H35N7O2. The van der Waals surface area contributed by atoms with Crippen LogP contribution in [0.15, 0.2) is 29.3 Å². The fraction of sp³-hybridized carbons (Fsp3) is 0.591. The molecule has 0 unspecified atom stereocenters. The Hall–Kier alpha value is -2.65. The van der Waals surface area contributed by atoms with Crippen molar-refractivity contribution >= 4 is 5.96 Å². The molecule has 9 heteroatoms. The van der Waals surface area contributed by atoms with Gasteiger partial charge in [0.2, 0.25) is 0 Å². The molecule has 2 N–H and O–H groups in total. The lowest BCUT2D eigenvalue weighted by molar-refractivity contribution is 0.0389. The second kappa shape index (κ2) is 12.3. The molecule has 0 bridgehead atoms. The number of aryl methyl sites for hydroxylation is 1. The van der Waals surface area contributed by atoms with Crippen molar-refractivity contribution in [3.63, 3.8) is 0 Å². The van der Waals surface area contributed by atoms with Gasteiger partial charge in [0.1, 0.15) is 18.1 Å². The zero-order chi connectivity index (χ0) is 21.9.